The molecule has 2 aromatic rings. The Balaban J connectivity index is 1.79. The maximum Gasteiger partial charge on any atom is 0.256 e. The van der Waals surface area contributed by atoms with Crippen molar-refractivity contribution >= 4 is 46.4 Å². The number of thiocarbonyl (C=S) groups is 1. The van der Waals surface area contributed by atoms with Gasteiger partial charge in [-0.3, -0.25) is 19.3 Å². The number of anilines is 2. The van der Waals surface area contributed by atoms with Crippen molar-refractivity contribution in [3.63, 3.8) is 0 Å². The van der Waals surface area contributed by atoms with E-state index in [9.17, 15) is 18.8 Å². The Labute approximate surface area is 196 Å². The predicted molar refractivity (Wildman–Crippen MR) is 127 cm³/mol. The molecule has 8 nitrogen and oxygen atoms in total. The molecule has 2 aromatic carbocycles. The number of ether oxygens (including phenoxy) is 1. The fourth-order valence-electron chi connectivity index (χ4n) is 3.46. The van der Waals surface area contributed by atoms with Crippen molar-refractivity contribution in [1.82, 2.24) is 10.2 Å². The van der Waals surface area contributed by atoms with Gasteiger partial charge in [0, 0.05) is 25.7 Å². The normalized spacial score (nSPS) is 15.5. The van der Waals surface area contributed by atoms with Crippen molar-refractivity contribution < 1.29 is 23.5 Å². The van der Waals surface area contributed by atoms with Crippen LogP contribution in [-0.4, -0.2) is 53.5 Å². The zero-order valence-corrected chi connectivity index (χ0v) is 19.2. The summed E-state index contributed by atoms with van der Waals surface area (Å²) in [6.45, 7) is 4.31. The summed E-state index contributed by atoms with van der Waals surface area (Å²) in [4.78, 5) is 40.3. The Bertz CT molecular complexity index is 1030. The molecule has 3 amide bonds. The summed E-state index contributed by atoms with van der Waals surface area (Å²) in [5, 5.41) is 5.59. The van der Waals surface area contributed by atoms with Crippen LogP contribution in [-0.2, 0) is 14.4 Å². The van der Waals surface area contributed by atoms with Gasteiger partial charge in [-0.05, 0) is 67.7 Å². The molecule has 174 valence electrons. The molecule has 0 spiro atoms. The molecule has 0 unspecified atom stereocenters. The van der Waals surface area contributed by atoms with Gasteiger partial charge in [-0.15, -0.1) is 0 Å². The summed E-state index contributed by atoms with van der Waals surface area (Å²) in [6, 6.07) is 11.4. The maximum absolute atomic E-state index is 13.3. The van der Waals surface area contributed by atoms with Gasteiger partial charge in [0.15, 0.2) is 5.11 Å². The first-order valence-electron chi connectivity index (χ1n) is 10.5. The lowest BCUT2D eigenvalue weighted by Crippen LogP contribution is -2.42. The molecule has 1 heterocycles. The number of carbonyl (C=O) groups excluding carboxylic acids is 3. The van der Waals surface area contributed by atoms with E-state index >= 15 is 0 Å². The van der Waals surface area contributed by atoms with Gasteiger partial charge in [-0.2, -0.15) is 0 Å². The second-order valence-corrected chi connectivity index (χ2v) is 7.70. The van der Waals surface area contributed by atoms with Crippen molar-refractivity contribution in [2.75, 3.05) is 29.9 Å². The number of hydrogen-bond acceptors (Lipinski definition) is 5. The Morgan fingerprint density at radius 1 is 1.12 bits per heavy atom. The molecule has 0 aliphatic carbocycles. The molecule has 10 heteroatoms. The highest BCUT2D eigenvalue weighted by Crippen LogP contribution is 2.28. The summed E-state index contributed by atoms with van der Waals surface area (Å²) in [5.74, 6) is -0.724. The van der Waals surface area contributed by atoms with Crippen LogP contribution >= 0.6 is 12.2 Å². The van der Waals surface area contributed by atoms with Crippen molar-refractivity contribution in [3.05, 3.63) is 54.3 Å². The van der Waals surface area contributed by atoms with Gasteiger partial charge in [0.05, 0.1) is 18.7 Å². The Kier molecular flexibility index (Phi) is 7.94. The standard InChI is InChI=1S/C23H25FN4O4S/c1-3-32-19-10-8-18(9-11-19)28-22(31)20(27(23(28)33)13-12-25-15(2)29)14-21(30)26-17-6-4-16(24)5-7-17/h4-11,20H,3,12-14H2,1-2H3,(H,25,29)(H,26,30)/t20-/m1/s1. The third kappa shape index (κ3) is 6.04. The summed E-state index contributed by atoms with van der Waals surface area (Å²) in [6.07, 6.45) is -0.163. The number of benzene rings is 2. The summed E-state index contributed by atoms with van der Waals surface area (Å²) < 4.78 is 18.6. The molecule has 0 bridgehead atoms. The van der Waals surface area contributed by atoms with E-state index in [0.29, 0.717) is 23.7 Å². The van der Waals surface area contributed by atoms with E-state index in [-0.39, 0.29) is 36.4 Å². The van der Waals surface area contributed by atoms with E-state index in [1.54, 1.807) is 29.2 Å². The summed E-state index contributed by atoms with van der Waals surface area (Å²) in [7, 11) is 0. The van der Waals surface area contributed by atoms with Gasteiger partial charge in [0.25, 0.3) is 5.91 Å². The second kappa shape index (κ2) is 10.9. The molecule has 0 saturated carbocycles. The number of rotatable bonds is 9. The molecule has 3 rings (SSSR count). The number of nitrogens with one attached hydrogen (secondary N) is 2. The van der Waals surface area contributed by atoms with Crippen molar-refractivity contribution in [2.45, 2.75) is 26.3 Å². The van der Waals surface area contributed by atoms with E-state index < -0.39 is 17.8 Å². The van der Waals surface area contributed by atoms with Crippen molar-refractivity contribution in [1.29, 1.82) is 0 Å². The lowest BCUT2D eigenvalue weighted by atomic mass is 10.1. The van der Waals surface area contributed by atoms with Crippen LogP contribution in [0.1, 0.15) is 20.3 Å². The van der Waals surface area contributed by atoms with Crippen LogP contribution in [0.2, 0.25) is 0 Å². The minimum absolute atomic E-state index is 0.163. The lowest BCUT2D eigenvalue weighted by Gasteiger charge is -2.24. The quantitative estimate of drug-likeness (QED) is 0.546. The predicted octanol–water partition coefficient (Wildman–Crippen LogP) is 2.69. The van der Waals surface area contributed by atoms with Crippen LogP contribution in [0.5, 0.6) is 5.75 Å². The molecule has 1 fully saturated rings. The zero-order valence-electron chi connectivity index (χ0n) is 18.3. The summed E-state index contributed by atoms with van der Waals surface area (Å²) >= 11 is 5.57. The average Bonchev–Trinajstić information content (AvgIpc) is 3.00. The first kappa shape index (κ1) is 24.1. The minimum atomic E-state index is -0.849. The van der Waals surface area contributed by atoms with Gasteiger partial charge in [-0.1, -0.05) is 0 Å². The number of amides is 3. The van der Waals surface area contributed by atoms with E-state index in [1.807, 2.05) is 6.92 Å². The molecule has 1 aliphatic rings. The van der Waals surface area contributed by atoms with E-state index in [0.717, 1.165) is 0 Å². The average molecular weight is 473 g/mol. The van der Waals surface area contributed by atoms with Gasteiger partial charge < -0.3 is 20.3 Å². The summed E-state index contributed by atoms with van der Waals surface area (Å²) in [5.41, 5.74) is 0.974. The van der Waals surface area contributed by atoms with Crippen LogP contribution in [0, 0.1) is 5.82 Å². The highest BCUT2D eigenvalue weighted by molar-refractivity contribution is 7.80. The molecule has 1 aliphatic heterocycles. The Morgan fingerprint density at radius 2 is 1.79 bits per heavy atom. The van der Waals surface area contributed by atoms with Crippen LogP contribution in [0.3, 0.4) is 0 Å². The molecule has 33 heavy (non-hydrogen) atoms. The van der Waals surface area contributed by atoms with E-state index in [1.165, 1.54) is 36.1 Å². The maximum atomic E-state index is 13.3. The molecule has 0 radical (unpaired) electrons. The SMILES string of the molecule is CCOc1ccc(N2C(=O)[C@@H](CC(=O)Nc3ccc(F)cc3)N(CCNC(C)=O)C2=S)cc1. The van der Waals surface area contributed by atoms with Crippen LogP contribution < -0.4 is 20.3 Å². The molecule has 1 saturated heterocycles. The smallest absolute Gasteiger partial charge is 0.256 e. The van der Waals surface area contributed by atoms with Gasteiger partial charge in [-0.25, -0.2) is 4.39 Å². The molecule has 0 aromatic heterocycles. The molecular formula is C23H25FN4O4S. The lowest BCUT2D eigenvalue weighted by molar-refractivity contribution is -0.124. The number of hydrogen-bond donors (Lipinski definition) is 2. The third-order valence-electron chi connectivity index (χ3n) is 4.96. The molecule has 2 N–H and O–H groups in total. The fourth-order valence-corrected chi connectivity index (χ4v) is 3.87. The van der Waals surface area contributed by atoms with E-state index in [2.05, 4.69) is 10.6 Å². The first-order valence-corrected chi connectivity index (χ1v) is 10.9. The highest BCUT2D eigenvalue weighted by Gasteiger charge is 2.43. The van der Waals surface area contributed by atoms with Crippen molar-refractivity contribution in [3.8, 4) is 5.75 Å². The monoisotopic (exact) mass is 472 g/mol. The van der Waals surface area contributed by atoms with Gasteiger partial charge in [0.2, 0.25) is 11.8 Å². The minimum Gasteiger partial charge on any atom is -0.494 e. The number of nitrogens with zero attached hydrogens (tertiary/aromatic N) is 2. The van der Waals surface area contributed by atoms with Crippen LogP contribution in [0.15, 0.2) is 48.5 Å². The highest BCUT2D eigenvalue weighted by atomic mass is 32.1. The van der Waals surface area contributed by atoms with E-state index in [4.69, 9.17) is 17.0 Å². The van der Waals surface area contributed by atoms with Gasteiger partial charge in [0.1, 0.15) is 17.6 Å². The number of carbonyl (C=O) groups is 3. The molecule has 1 atom stereocenters. The Morgan fingerprint density at radius 3 is 2.39 bits per heavy atom. The van der Waals surface area contributed by atoms with Crippen molar-refractivity contribution in [2.24, 2.45) is 0 Å². The largest absolute Gasteiger partial charge is 0.494 e. The second-order valence-electron chi connectivity index (χ2n) is 7.33. The van der Waals surface area contributed by atoms with Gasteiger partial charge >= 0.3 is 0 Å². The van der Waals surface area contributed by atoms with Crippen LogP contribution in [0.25, 0.3) is 0 Å². The van der Waals surface area contributed by atoms with Crippen LogP contribution in [0.4, 0.5) is 15.8 Å². The topological polar surface area (TPSA) is 91.0 Å². The zero-order chi connectivity index (χ0) is 24.0. The molecular weight excluding hydrogens is 447 g/mol. The third-order valence-corrected chi connectivity index (χ3v) is 5.38. The number of halogens is 1. The Hall–Kier alpha value is -3.53. The fraction of sp³-hybridized carbons (Fsp3) is 0.304. The first-order chi connectivity index (χ1) is 15.8.